The van der Waals surface area contributed by atoms with Crippen LogP contribution in [0.3, 0.4) is 0 Å². The highest BCUT2D eigenvalue weighted by Crippen LogP contribution is 2.07. The van der Waals surface area contributed by atoms with Gasteiger partial charge in [0.15, 0.2) is 0 Å². The molecule has 4 unspecified atom stereocenters. The SMILES string of the molecule is CSCCC(N)C(=O)NC(Cc1ccccc1)C(=O)NC(C)C(=O)NC(Cc1ccccc1)C(=O)O. The predicted molar refractivity (Wildman–Crippen MR) is 140 cm³/mol. The Balaban J connectivity index is 2.05. The van der Waals surface area contributed by atoms with Crippen LogP contribution in [0.15, 0.2) is 60.7 Å². The molecule has 0 aliphatic rings. The maximum atomic E-state index is 13.1. The number of thioether (sulfide) groups is 1. The van der Waals surface area contributed by atoms with Gasteiger partial charge < -0.3 is 26.8 Å². The van der Waals surface area contributed by atoms with E-state index in [-0.39, 0.29) is 12.8 Å². The molecule has 0 spiro atoms. The minimum atomic E-state index is -1.18. The third kappa shape index (κ3) is 9.71. The number of rotatable bonds is 14. The number of hydrogen-bond donors (Lipinski definition) is 5. The molecule has 0 fully saturated rings. The van der Waals surface area contributed by atoms with E-state index in [0.717, 1.165) is 11.1 Å². The highest BCUT2D eigenvalue weighted by atomic mass is 32.2. The number of amides is 3. The van der Waals surface area contributed by atoms with Crippen LogP contribution in [0.2, 0.25) is 0 Å². The normalized spacial score (nSPS) is 14.1. The van der Waals surface area contributed by atoms with E-state index in [1.54, 1.807) is 36.0 Å². The van der Waals surface area contributed by atoms with Crippen LogP contribution >= 0.6 is 11.8 Å². The van der Waals surface area contributed by atoms with Gasteiger partial charge in [0, 0.05) is 12.8 Å². The zero-order valence-electron chi connectivity index (χ0n) is 20.5. The van der Waals surface area contributed by atoms with Crippen LogP contribution in [0.5, 0.6) is 0 Å². The molecule has 4 atom stereocenters. The van der Waals surface area contributed by atoms with Crippen molar-refractivity contribution >= 4 is 35.5 Å². The van der Waals surface area contributed by atoms with Crippen LogP contribution < -0.4 is 21.7 Å². The summed E-state index contributed by atoms with van der Waals surface area (Å²) in [5, 5.41) is 17.3. The van der Waals surface area contributed by atoms with Gasteiger partial charge in [0.2, 0.25) is 17.7 Å². The Morgan fingerprint density at radius 2 is 1.31 bits per heavy atom. The second kappa shape index (κ2) is 14.9. The lowest BCUT2D eigenvalue weighted by molar-refractivity contribution is -0.142. The molecule has 3 amide bonds. The Morgan fingerprint density at radius 3 is 1.81 bits per heavy atom. The first-order valence-corrected chi connectivity index (χ1v) is 13.1. The summed E-state index contributed by atoms with van der Waals surface area (Å²) in [5.74, 6) is -2.14. The Morgan fingerprint density at radius 1 is 0.806 bits per heavy atom. The minimum Gasteiger partial charge on any atom is -0.480 e. The maximum Gasteiger partial charge on any atom is 0.326 e. The largest absolute Gasteiger partial charge is 0.480 e. The van der Waals surface area contributed by atoms with Gasteiger partial charge in [-0.2, -0.15) is 11.8 Å². The third-order valence-corrected chi connectivity index (χ3v) is 6.18. The van der Waals surface area contributed by atoms with E-state index in [0.29, 0.717) is 12.2 Å². The molecule has 0 saturated carbocycles. The van der Waals surface area contributed by atoms with Crippen LogP contribution in [0.25, 0.3) is 0 Å². The fourth-order valence-corrected chi connectivity index (χ4v) is 3.93. The van der Waals surface area contributed by atoms with Crippen molar-refractivity contribution < 1.29 is 24.3 Å². The summed E-state index contributed by atoms with van der Waals surface area (Å²) in [5.41, 5.74) is 7.54. The second-order valence-corrected chi connectivity index (χ2v) is 9.44. The van der Waals surface area contributed by atoms with Gasteiger partial charge >= 0.3 is 5.97 Å². The van der Waals surface area contributed by atoms with Gasteiger partial charge in [0.1, 0.15) is 18.1 Å². The molecule has 0 aliphatic heterocycles. The summed E-state index contributed by atoms with van der Waals surface area (Å²) in [4.78, 5) is 50.1. The Kier molecular flexibility index (Phi) is 11.9. The summed E-state index contributed by atoms with van der Waals surface area (Å²) >= 11 is 1.57. The Hall–Kier alpha value is -3.37. The van der Waals surface area contributed by atoms with E-state index in [9.17, 15) is 24.3 Å². The molecule has 0 heterocycles. The van der Waals surface area contributed by atoms with Crippen molar-refractivity contribution in [1.82, 2.24) is 16.0 Å². The average molecular weight is 515 g/mol. The molecule has 0 aliphatic carbocycles. The smallest absolute Gasteiger partial charge is 0.326 e. The molecule has 2 rings (SSSR count). The molecular weight excluding hydrogens is 480 g/mol. The van der Waals surface area contributed by atoms with Crippen LogP contribution in [0.1, 0.15) is 24.5 Å². The molecule has 2 aromatic rings. The van der Waals surface area contributed by atoms with E-state index in [1.807, 2.05) is 42.7 Å². The van der Waals surface area contributed by atoms with Gasteiger partial charge in [0.05, 0.1) is 6.04 Å². The summed E-state index contributed by atoms with van der Waals surface area (Å²) in [6.45, 7) is 1.46. The van der Waals surface area contributed by atoms with E-state index in [1.165, 1.54) is 6.92 Å². The molecule has 6 N–H and O–H groups in total. The number of carbonyl (C=O) groups is 4. The molecule has 2 aromatic carbocycles. The van der Waals surface area contributed by atoms with Crippen molar-refractivity contribution in [3.63, 3.8) is 0 Å². The molecule has 0 radical (unpaired) electrons. The topological polar surface area (TPSA) is 151 Å². The first-order chi connectivity index (χ1) is 17.2. The second-order valence-electron chi connectivity index (χ2n) is 8.46. The molecule has 0 aromatic heterocycles. The lowest BCUT2D eigenvalue weighted by Crippen LogP contribution is -2.57. The Bertz CT molecular complexity index is 1010. The van der Waals surface area contributed by atoms with Crippen LogP contribution in [0, 0.1) is 0 Å². The van der Waals surface area contributed by atoms with E-state index >= 15 is 0 Å². The summed E-state index contributed by atoms with van der Waals surface area (Å²) in [6, 6.07) is 14.2. The first-order valence-electron chi connectivity index (χ1n) is 11.7. The van der Waals surface area contributed by atoms with Crippen molar-refractivity contribution in [2.24, 2.45) is 5.73 Å². The number of nitrogens with two attached hydrogens (primary N) is 1. The summed E-state index contributed by atoms with van der Waals surface area (Å²) in [7, 11) is 0. The van der Waals surface area contributed by atoms with Gasteiger partial charge in [0.25, 0.3) is 0 Å². The zero-order chi connectivity index (χ0) is 26.5. The highest BCUT2D eigenvalue weighted by Gasteiger charge is 2.28. The molecule has 194 valence electrons. The van der Waals surface area contributed by atoms with Crippen molar-refractivity contribution in [3.05, 3.63) is 71.8 Å². The lowest BCUT2D eigenvalue weighted by atomic mass is 10.0. The fourth-order valence-electron chi connectivity index (χ4n) is 3.44. The Labute approximate surface area is 215 Å². The molecule has 0 bridgehead atoms. The van der Waals surface area contributed by atoms with Gasteiger partial charge in [-0.3, -0.25) is 14.4 Å². The van der Waals surface area contributed by atoms with Crippen LogP contribution in [-0.4, -0.2) is 65.0 Å². The monoisotopic (exact) mass is 514 g/mol. The van der Waals surface area contributed by atoms with Gasteiger partial charge in [-0.1, -0.05) is 60.7 Å². The molecule has 36 heavy (non-hydrogen) atoms. The predicted octanol–water partition coefficient (Wildman–Crippen LogP) is 1.11. The van der Waals surface area contributed by atoms with Crippen molar-refractivity contribution in [2.45, 2.75) is 50.4 Å². The summed E-state index contributed by atoms with van der Waals surface area (Å²) in [6.07, 6.45) is 2.68. The maximum absolute atomic E-state index is 13.1. The number of carbonyl (C=O) groups excluding carboxylic acids is 3. The molecule has 0 saturated heterocycles. The van der Waals surface area contributed by atoms with Crippen molar-refractivity contribution in [3.8, 4) is 0 Å². The number of benzene rings is 2. The van der Waals surface area contributed by atoms with Gasteiger partial charge in [-0.15, -0.1) is 0 Å². The van der Waals surface area contributed by atoms with Gasteiger partial charge in [-0.25, -0.2) is 4.79 Å². The number of aliphatic carboxylic acids is 1. The molecule has 9 nitrogen and oxygen atoms in total. The van der Waals surface area contributed by atoms with E-state index < -0.39 is 47.9 Å². The van der Waals surface area contributed by atoms with Gasteiger partial charge in [-0.05, 0) is 36.5 Å². The average Bonchev–Trinajstić information content (AvgIpc) is 2.87. The quantitative estimate of drug-likeness (QED) is 0.253. The summed E-state index contributed by atoms with van der Waals surface area (Å²) < 4.78 is 0. The van der Waals surface area contributed by atoms with Crippen molar-refractivity contribution in [1.29, 1.82) is 0 Å². The highest BCUT2D eigenvalue weighted by molar-refractivity contribution is 7.98. The molecular formula is C26H34N4O5S. The number of hydrogen-bond acceptors (Lipinski definition) is 6. The number of nitrogens with one attached hydrogen (secondary N) is 3. The van der Waals surface area contributed by atoms with Crippen LogP contribution in [0.4, 0.5) is 0 Å². The van der Waals surface area contributed by atoms with Crippen molar-refractivity contribution in [2.75, 3.05) is 12.0 Å². The standard InChI is InChI=1S/C26H34N4O5S/c1-17(23(31)30-22(26(34)35)16-19-11-7-4-8-12-19)28-25(33)21(15-18-9-5-3-6-10-18)29-24(32)20(27)13-14-36-2/h3-12,17,20-22H,13-16,27H2,1-2H3,(H,28,33)(H,29,32)(H,30,31)(H,34,35). The fraction of sp³-hybridized carbons (Fsp3) is 0.385. The lowest BCUT2D eigenvalue weighted by Gasteiger charge is -2.24. The number of carboxylic acid groups (broad SMARTS) is 1. The zero-order valence-corrected chi connectivity index (χ0v) is 21.3. The molecule has 10 heteroatoms. The number of carboxylic acids is 1. The van der Waals surface area contributed by atoms with E-state index in [2.05, 4.69) is 16.0 Å². The van der Waals surface area contributed by atoms with E-state index in [4.69, 9.17) is 5.73 Å². The third-order valence-electron chi connectivity index (χ3n) is 5.53. The minimum absolute atomic E-state index is 0.100. The van der Waals surface area contributed by atoms with Crippen LogP contribution in [-0.2, 0) is 32.0 Å². The first kappa shape index (κ1) is 28.9.